The van der Waals surface area contributed by atoms with Crippen molar-refractivity contribution in [3.8, 4) is 0 Å². The average Bonchev–Trinajstić information content (AvgIpc) is 2.59. The van der Waals surface area contributed by atoms with Gasteiger partial charge in [0.25, 0.3) is 5.91 Å². The smallest absolute Gasteiger partial charge is 0.339 e. The van der Waals surface area contributed by atoms with Crippen LogP contribution < -0.4 is 16.0 Å². The molecule has 156 valence electrons. The van der Waals surface area contributed by atoms with Gasteiger partial charge in [-0.3, -0.25) is 4.79 Å². The third-order valence-electron chi connectivity index (χ3n) is 3.41. The summed E-state index contributed by atoms with van der Waals surface area (Å²) >= 11 is 24.9. The minimum atomic E-state index is -4.51. The minimum Gasteiger partial charge on any atom is -0.339 e. The van der Waals surface area contributed by atoms with E-state index in [1.807, 2.05) is 22.6 Å². The zero-order valence-electron chi connectivity index (χ0n) is 14.2. The van der Waals surface area contributed by atoms with Crippen molar-refractivity contribution in [1.82, 2.24) is 10.6 Å². The summed E-state index contributed by atoms with van der Waals surface area (Å²) in [7, 11) is 0. The number of carbonyl (C=O) groups excluding carboxylic acids is 1. The fourth-order valence-electron chi connectivity index (χ4n) is 2.12. The van der Waals surface area contributed by atoms with Crippen molar-refractivity contribution >= 4 is 86.3 Å². The van der Waals surface area contributed by atoms with Crippen LogP contribution in [0.4, 0.5) is 18.9 Å². The molecule has 4 nitrogen and oxygen atoms in total. The summed E-state index contributed by atoms with van der Waals surface area (Å²) < 4.78 is 37.3. The van der Waals surface area contributed by atoms with Gasteiger partial charge in [0, 0.05) is 14.8 Å². The fourth-order valence-corrected chi connectivity index (χ4v) is 3.22. The average molecular weight is 597 g/mol. The number of carbonyl (C=O) groups is 1. The molecule has 2 rings (SSSR count). The first-order valence-corrected chi connectivity index (χ1v) is 10.4. The molecule has 0 spiro atoms. The first kappa shape index (κ1) is 24.3. The van der Waals surface area contributed by atoms with Gasteiger partial charge in [-0.25, -0.2) is 0 Å². The molecular weight excluding hydrogens is 585 g/mol. The van der Waals surface area contributed by atoms with Crippen LogP contribution in [0.15, 0.2) is 48.5 Å². The fraction of sp³-hybridized carbons (Fsp3) is 0.176. The molecule has 12 heteroatoms. The number of thiocarbonyl (C=S) groups is 1. The van der Waals surface area contributed by atoms with Crippen LogP contribution in [0.1, 0.15) is 15.9 Å². The zero-order chi connectivity index (χ0) is 21.8. The lowest BCUT2D eigenvalue weighted by molar-refractivity contribution is -0.137. The van der Waals surface area contributed by atoms with Gasteiger partial charge in [0.05, 0.1) is 5.56 Å². The maximum absolute atomic E-state index is 12.8. The summed E-state index contributed by atoms with van der Waals surface area (Å²) in [5, 5.41) is 7.51. The first-order valence-electron chi connectivity index (χ1n) is 7.74. The summed E-state index contributed by atoms with van der Waals surface area (Å²) in [4.78, 5) is 12.4. The summed E-state index contributed by atoms with van der Waals surface area (Å²) in [5.74, 6) is -0.533. The van der Waals surface area contributed by atoms with Gasteiger partial charge in [-0.2, -0.15) is 13.2 Å². The number of rotatable bonds is 4. The summed E-state index contributed by atoms with van der Waals surface area (Å²) in [6.45, 7) is 0. The van der Waals surface area contributed by atoms with Crippen molar-refractivity contribution < 1.29 is 18.0 Å². The maximum atomic E-state index is 12.8. The van der Waals surface area contributed by atoms with Crippen LogP contribution >= 0.6 is 69.6 Å². The molecule has 0 aliphatic rings. The second kappa shape index (κ2) is 9.86. The van der Waals surface area contributed by atoms with Crippen molar-refractivity contribution in [2.45, 2.75) is 16.1 Å². The molecule has 0 fully saturated rings. The molecule has 29 heavy (non-hydrogen) atoms. The Bertz CT molecular complexity index is 909. The highest BCUT2D eigenvalue weighted by atomic mass is 127. The Kier molecular flexibility index (Phi) is 8.25. The lowest BCUT2D eigenvalue weighted by Gasteiger charge is -2.28. The highest BCUT2D eigenvalue weighted by Crippen LogP contribution is 2.31. The van der Waals surface area contributed by atoms with Crippen molar-refractivity contribution in [2.75, 3.05) is 5.32 Å². The molecule has 0 aromatic heterocycles. The van der Waals surface area contributed by atoms with Crippen LogP contribution in [0.25, 0.3) is 0 Å². The van der Waals surface area contributed by atoms with E-state index in [0.717, 1.165) is 15.7 Å². The molecule has 0 bridgehead atoms. The number of amides is 1. The molecule has 1 unspecified atom stereocenters. The van der Waals surface area contributed by atoms with Crippen molar-refractivity contribution in [3.63, 3.8) is 0 Å². The number of nitrogens with one attached hydrogen (secondary N) is 3. The molecular formula is C17H12Cl3F3IN3OS. The second-order valence-electron chi connectivity index (χ2n) is 5.64. The number of hydrogen-bond acceptors (Lipinski definition) is 2. The van der Waals surface area contributed by atoms with Crippen molar-refractivity contribution in [1.29, 1.82) is 0 Å². The third-order valence-corrected chi connectivity index (χ3v) is 4.96. The van der Waals surface area contributed by atoms with E-state index < -0.39 is 27.6 Å². The zero-order valence-corrected chi connectivity index (χ0v) is 19.4. The van der Waals surface area contributed by atoms with Crippen LogP contribution in [0.3, 0.4) is 0 Å². The molecule has 1 atom stereocenters. The number of halogens is 7. The number of hydrogen-bond donors (Lipinski definition) is 3. The highest BCUT2D eigenvalue weighted by Gasteiger charge is 2.35. The monoisotopic (exact) mass is 595 g/mol. The maximum Gasteiger partial charge on any atom is 0.416 e. The van der Waals surface area contributed by atoms with E-state index in [1.165, 1.54) is 12.1 Å². The van der Waals surface area contributed by atoms with E-state index in [-0.39, 0.29) is 10.8 Å². The van der Waals surface area contributed by atoms with Crippen LogP contribution in [0, 0.1) is 3.57 Å². The molecule has 0 heterocycles. The van der Waals surface area contributed by atoms with Gasteiger partial charge in [0.1, 0.15) is 6.17 Å². The molecule has 0 aliphatic heterocycles. The summed E-state index contributed by atoms with van der Waals surface area (Å²) in [6, 6.07) is 11.1. The predicted molar refractivity (Wildman–Crippen MR) is 122 cm³/mol. The quantitative estimate of drug-likeness (QED) is 0.183. The van der Waals surface area contributed by atoms with E-state index >= 15 is 0 Å². The van der Waals surface area contributed by atoms with Crippen LogP contribution in [0.2, 0.25) is 0 Å². The molecule has 0 saturated heterocycles. The van der Waals surface area contributed by atoms with Crippen LogP contribution in [-0.2, 0) is 6.18 Å². The molecule has 0 radical (unpaired) electrons. The Morgan fingerprint density at radius 2 is 1.69 bits per heavy atom. The standard InChI is InChI=1S/C17H12Cl3F3IN3OS/c18-16(19,20)14(26-13(28)9-3-1-5-11(24)7-9)27-15(29)25-12-6-2-4-10(8-12)17(21,22)23/h1-8,14H,(H,26,28)(H2,25,27,29). The first-order chi connectivity index (χ1) is 13.4. The molecule has 1 amide bonds. The number of benzene rings is 2. The summed E-state index contributed by atoms with van der Waals surface area (Å²) in [6.07, 6.45) is -5.77. The van der Waals surface area contributed by atoms with Gasteiger partial charge < -0.3 is 16.0 Å². The highest BCUT2D eigenvalue weighted by molar-refractivity contribution is 14.1. The number of alkyl halides is 6. The Labute approximate surface area is 198 Å². The van der Waals surface area contributed by atoms with Crippen molar-refractivity contribution in [2.24, 2.45) is 0 Å². The topological polar surface area (TPSA) is 53.2 Å². The SMILES string of the molecule is O=C(NC(NC(=S)Nc1cccc(C(F)(F)F)c1)C(Cl)(Cl)Cl)c1cccc(I)c1. The molecule has 2 aromatic carbocycles. The van der Waals surface area contributed by atoms with E-state index in [2.05, 4.69) is 16.0 Å². The molecule has 0 saturated carbocycles. The molecule has 2 aromatic rings. The lowest BCUT2D eigenvalue weighted by atomic mass is 10.2. The van der Waals surface area contributed by atoms with Gasteiger partial charge in [-0.15, -0.1) is 0 Å². The lowest BCUT2D eigenvalue weighted by Crippen LogP contribution is -2.56. The van der Waals surface area contributed by atoms with E-state index in [0.29, 0.717) is 5.56 Å². The largest absolute Gasteiger partial charge is 0.416 e. The van der Waals surface area contributed by atoms with Gasteiger partial charge >= 0.3 is 6.18 Å². The van der Waals surface area contributed by atoms with E-state index in [9.17, 15) is 18.0 Å². The summed E-state index contributed by atoms with van der Waals surface area (Å²) in [5.41, 5.74) is -0.450. The second-order valence-corrected chi connectivity index (χ2v) is 9.66. The normalized spacial score (nSPS) is 12.8. The van der Waals surface area contributed by atoms with Gasteiger partial charge in [-0.1, -0.05) is 46.9 Å². The van der Waals surface area contributed by atoms with Crippen LogP contribution in [0.5, 0.6) is 0 Å². The van der Waals surface area contributed by atoms with Crippen LogP contribution in [-0.4, -0.2) is 21.0 Å². The van der Waals surface area contributed by atoms with Gasteiger partial charge in [-0.05, 0) is 71.2 Å². The third kappa shape index (κ3) is 7.63. The minimum absolute atomic E-state index is 0.0735. The number of anilines is 1. The predicted octanol–water partition coefficient (Wildman–Crippen LogP) is 5.72. The van der Waals surface area contributed by atoms with E-state index in [1.54, 1.807) is 24.3 Å². The van der Waals surface area contributed by atoms with Gasteiger partial charge in [0.15, 0.2) is 5.11 Å². The van der Waals surface area contributed by atoms with E-state index in [4.69, 9.17) is 47.0 Å². The van der Waals surface area contributed by atoms with Gasteiger partial charge in [0.2, 0.25) is 3.79 Å². The Balaban J connectivity index is 2.10. The van der Waals surface area contributed by atoms with Crippen molar-refractivity contribution in [3.05, 3.63) is 63.2 Å². The Morgan fingerprint density at radius 3 is 2.28 bits per heavy atom. The molecule has 3 N–H and O–H groups in total. The Hall–Kier alpha value is -1.01. The molecule has 0 aliphatic carbocycles. The Morgan fingerprint density at radius 1 is 1.03 bits per heavy atom.